The van der Waals surface area contributed by atoms with Crippen molar-refractivity contribution < 1.29 is 23.1 Å². The van der Waals surface area contributed by atoms with Crippen molar-refractivity contribution >= 4 is 39.9 Å². The van der Waals surface area contributed by atoms with E-state index >= 15 is 0 Å². The van der Waals surface area contributed by atoms with Crippen molar-refractivity contribution in [2.45, 2.75) is 52.2 Å². The average Bonchev–Trinajstić information content (AvgIpc) is 2.67. The molecular weight excluding hydrogens is 558 g/mol. The van der Waals surface area contributed by atoms with Crippen LogP contribution in [0.4, 0.5) is 24.5 Å². The Balaban J connectivity index is 1.73. The molecule has 2 aromatic carbocycles. The molecule has 0 aromatic heterocycles. The summed E-state index contributed by atoms with van der Waals surface area (Å²) < 4.78 is 43.5. The SMILES string of the molecule is CC(C)(C)CC(C)(C)NCC1(O)CN(C(=O)c2ccc(F)c(F)c2Nc2ccc(I)cc2F)C1. The summed E-state index contributed by atoms with van der Waals surface area (Å²) in [7, 11) is 0. The van der Waals surface area contributed by atoms with Crippen LogP contribution in [0.25, 0.3) is 0 Å². The number of likely N-dealkylation sites (tertiary alicyclic amines) is 1. The van der Waals surface area contributed by atoms with E-state index in [0.29, 0.717) is 3.57 Å². The fourth-order valence-corrected chi connectivity index (χ4v) is 4.91. The predicted octanol–water partition coefficient (Wildman–Crippen LogP) is 5.44. The molecule has 1 fully saturated rings. The fourth-order valence-electron chi connectivity index (χ4n) is 4.46. The lowest BCUT2D eigenvalue weighted by Gasteiger charge is -2.48. The Labute approximate surface area is 212 Å². The highest BCUT2D eigenvalue weighted by Gasteiger charge is 2.45. The summed E-state index contributed by atoms with van der Waals surface area (Å²) in [5, 5.41) is 16.8. The summed E-state index contributed by atoms with van der Waals surface area (Å²) in [5.41, 5.74) is -1.89. The number of halogens is 4. The van der Waals surface area contributed by atoms with Crippen LogP contribution in [0, 0.1) is 26.4 Å². The second-order valence-electron chi connectivity index (χ2n) is 10.9. The average molecular weight is 589 g/mol. The van der Waals surface area contributed by atoms with E-state index in [9.17, 15) is 23.1 Å². The van der Waals surface area contributed by atoms with Gasteiger partial charge in [0.25, 0.3) is 5.91 Å². The maximum atomic E-state index is 14.7. The summed E-state index contributed by atoms with van der Waals surface area (Å²) in [4.78, 5) is 14.4. The monoisotopic (exact) mass is 589 g/mol. The molecule has 1 aliphatic rings. The highest BCUT2D eigenvalue weighted by Crippen LogP contribution is 2.32. The van der Waals surface area contributed by atoms with Gasteiger partial charge in [0, 0.05) is 15.7 Å². The molecule has 1 saturated heterocycles. The number of β-amino-alcohol motifs (C(OH)–C–C–N with tert-alkyl or cyclic N) is 1. The molecule has 9 heteroatoms. The van der Waals surface area contributed by atoms with Gasteiger partial charge in [-0.1, -0.05) is 20.8 Å². The van der Waals surface area contributed by atoms with Gasteiger partial charge in [0.15, 0.2) is 11.6 Å². The molecule has 0 spiro atoms. The first-order chi connectivity index (χ1) is 15.6. The molecule has 1 aliphatic heterocycles. The normalized spacial score (nSPS) is 15.8. The fraction of sp³-hybridized carbons (Fsp3) is 0.480. The Morgan fingerprint density at radius 3 is 2.32 bits per heavy atom. The summed E-state index contributed by atoms with van der Waals surface area (Å²) >= 11 is 1.93. The third-order valence-electron chi connectivity index (χ3n) is 5.64. The van der Waals surface area contributed by atoms with E-state index in [2.05, 4.69) is 45.3 Å². The van der Waals surface area contributed by atoms with Crippen molar-refractivity contribution in [1.82, 2.24) is 10.2 Å². The molecule has 3 N–H and O–H groups in total. The van der Waals surface area contributed by atoms with E-state index in [0.717, 1.165) is 18.6 Å². The number of anilines is 2. The van der Waals surface area contributed by atoms with Crippen molar-refractivity contribution in [3.8, 4) is 0 Å². The molecule has 0 atom stereocenters. The van der Waals surface area contributed by atoms with E-state index in [1.807, 2.05) is 22.6 Å². The van der Waals surface area contributed by atoms with Crippen molar-refractivity contribution in [2.75, 3.05) is 25.0 Å². The number of amides is 1. The molecule has 0 unspecified atom stereocenters. The van der Waals surface area contributed by atoms with Crippen molar-refractivity contribution in [3.63, 3.8) is 0 Å². The quantitative estimate of drug-likeness (QED) is 0.377. The van der Waals surface area contributed by atoms with Gasteiger partial charge in [0.2, 0.25) is 0 Å². The number of hydrogen-bond donors (Lipinski definition) is 3. The van der Waals surface area contributed by atoms with E-state index in [1.165, 1.54) is 17.0 Å². The zero-order valence-electron chi connectivity index (χ0n) is 20.0. The first kappa shape index (κ1) is 26.7. The number of carbonyl (C=O) groups is 1. The molecule has 0 aliphatic carbocycles. The second kappa shape index (κ2) is 9.66. The third-order valence-corrected chi connectivity index (χ3v) is 6.31. The lowest BCUT2D eigenvalue weighted by molar-refractivity contribution is -0.0822. The van der Waals surface area contributed by atoms with Gasteiger partial charge in [0.05, 0.1) is 30.0 Å². The van der Waals surface area contributed by atoms with Crippen LogP contribution in [0.1, 0.15) is 51.4 Å². The van der Waals surface area contributed by atoms with Gasteiger partial charge in [-0.05, 0) is 78.6 Å². The van der Waals surface area contributed by atoms with E-state index in [4.69, 9.17) is 0 Å². The second-order valence-corrected chi connectivity index (χ2v) is 12.1. The van der Waals surface area contributed by atoms with Crippen LogP contribution in [-0.4, -0.2) is 46.7 Å². The van der Waals surface area contributed by atoms with Crippen LogP contribution in [0.2, 0.25) is 0 Å². The van der Waals surface area contributed by atoms with Crippen LogP contribution < -0.4 is 10.6 Å². The molecule has 0 bridgehead atoms. The van der Waals surface area contributed by atoms with Gasteiger partial charge in [-0.2, -0.15) is 0 Å². The Hall–Kier alpha value is -1.85. The van der Waals surface area contributed by atoms with Crippen LogP contribution in [0.5, 0.6) is 0 Å². The molecule has 1 heterocycles. The minimum absolute atomic E-state index is 0.0424. The molecule has 2 aromatic rings. The molecule has 5 nitrogen and oxygen atoms in total. The minimum atomic E-state index is -1.27. The highest BCUT2D eigenvalue weighted by molar-refractivity contribution is 14.1. The Kier molecular flexibility index (Phi) is 7.60. The topological polar surface area (TPSA) is 64.6 Å². The van der Waals surface area contributed by atoms with Crippen LogP contribution >= 0.6 is 22.6 Å². The molecule has 0 saturated carbocycles. The Morgan fingerprint density at radius 2 is 1.74 bits per heavy atom. The van der Waals surface area contributed by atoms with Crippen LogP contribution in [-0.2, 0) is 0 Å². The lowest BCUT2D eigenvalue weighted by atomic mass is 9.81. The van der Waals surface area contributed by atoms with Crippen molar-refractivity contribution in [2.24, 2.45) is 5.41 Å². The minimum Gasteiger partial charge on any atom is -0.385 e. The summed E-state index contributed by atoms with van der Waals surface area (Å²) in [5.74, 6) is -3.66. The van der Waals surface area contributed by atoms with Crippen molar-refractivity contribution in [1.29, 1.82) is 0 Å². The number of carbonyl (C=O) groups excluding carboxylic acids is 1. The largest absolute Gasteiger partial charge is 0.385 e. The number of rotatable bonds is 7. The molecule has 1 amide bonds. The van der Waals surface area contributed by atoms with Gasteiger partial charge in [-0.15, -0.1) is 0 Å². The molecule has 34 heavy (non-hydrogen) atoms. The standard InChI is InChI=1S/C25H31F3IN3O2/c1-23(2,3)11-24(4,5)30-12-25(34)13-32(14-25)22(33)16-7-8-17(26)20(28)21(16)31-19-9-6-15(29)10-18(19)27/h6-10,30-31,34H,11-14H2,1-5H3. The molecular formula is C25H31F3IN3O2. The van der Waals surface area contributed by atoms with Gasteiger partial charge < -0.3 is 20.6 Å². The van der Waals surface area contributed by atoms with Crippen LogP contribution in [0.15, 0.2) is 30.3 Å². The zero-order valence-corrected chi connectivity index (χ0v) is 22.2. The number of benzene rings is 2. The summed E-state index contributed by atoms with van der Waals surface area (Å²) in [6.07, 6.45) is 0.887. The van der Waals surface area contributed by atoms with E-state index in [1.54, 1.807) is 6.07 Å². The van der Waals surface area contributed by atoms with E-state index in [-0.39, 0.29) is 41.8 Å². The molecule has 186 valence electrons. The number of nitrogens with zero attached hydrogens (tertiary/aromatic N) is 1. The van der Waals surface area contributed by atoms with Gasteiger partial charge in [-0.3, -0.25) is 4.79 Å². The Morgan fingerprint density at radius 1 is 1.09 bits per heavy atom. The molecule has 0 radical (unpaired) electrons. The van der Waals surface area contributed by atoms with Crippen LogP contribution in [0.3, 0.4) is 0 Å². The smallest absolute Gasteiger partial charge is 0.256 e. The maximum absolute atomic E-state index is 14.7. The predicted molar refractivity (Wildman–Crippen MR) is 136 cm³/mol. The number of nitrogens with one attached hydrogen (secondary N) is 2. The summed E-state index contributed by atoms with van der Waals surface area (Å²) in [6, 6.07) is 6.26. The van der Waals surface area contributed by atoms with Crippen molar-refractivity contribution in [3.05, 3.63) is 56.9 Å². The van der Waals surface area contributed by atoms with Gasteiger partial charge in [-0.25, -0.2) is 13.2 Å². The number of aliphatic hydroxyl groups is 1. The highest BCUT2D eigenvalue weighted by atomic mass is 127. The number of hydrogen-bond acceptors (Lipinski definition) is 4. The zero-order chi connectivity index (χ0) is 25.5. The summed E-state index contributed by atoms with van der Waals surface area (Å²) in [6.45, 7) is 10.9. The van der Waals surface area contributed by atoms with Gasteiger partial charge in [0.1, 0.15) is 11.4 Å². The lowest BCUT2D eigenvalue weighted by Crippen LogP contribution is -2.68. The maximum Gasteiger partial charge on any atom is 0.256 e. The first-order valence-corrected chi connectivity index (χ1v) is 12.1. The third kappa shape index (κ3) is 6.42. The first-order valence-electron chi connectivity index (χ1n) is 11.1. The molecule has 3 rings (SSSR count). The Bertz CT molecular complexity index is 1080. The van der Waals surface area contributed by atoms with Gasteiger partial charge >= 0.3 is 0 Å². The van der Waals surface area contributed by atoms with E-state index < -0.39 is 34.6 Å².